The van der Waals surface area contributed by atoms with Gasteiger partial charge in [-0.15, -0.1) is 0 Å². The molecule has 1 saturated heterocycles. The number of carbonyl (C=O) groups is 1. The van der Waals surface area contributed by atoms with Gasteiger partial charge in [0.1, 0.15) is 6.61 Å². The van der Waals surface area contributed by atoms with E-state index in [1.807, 2.05) is 0 Å². The van der Waals surface area contributed by atoms with E-state index in [2.05, 4.69) is 5.32 Å². The zero-order valence-electron chi connectivity index (χ0n) is 5.80. The van der Waals surface area contributed by atoms with E-state index in [0.29, 0.717) is 12.1 Å². The van der Waals surface area contributed by atoms with Crippen LogP contribution in [0.1, 0.15) is 19.3 Å². The molecule has 56 valence electrons. The van der Waals surface area contributed by atoms with E-state index in [9.17, 15) is 4.79 Å². The number of hydrogen-bond acceptors (Lipinski definition) is 2. The average Bonchev–Trinajstić information content (AvgIpc) is 2.33. The SMILES string of the molecule is O=C1COC2CCCC2N1. The predicted octanol–water partition coefficient (Wildman–Crippen LogP) is 0.0539. The molecule has 1 saturated carbocycles. The van der Waals surface area contributed by atoms with Gasteiger partial charge in [-0.1, -0.05) is 0 Å². The number of carbonyl (C=O) groups excluding carboxylic acids is 1. The maximum absolute atomic E-state index is 10.8. The molecule has 3 heteroatoms. The molecule has 2 aliphatic rings. The van der Waals surface area contributed by atoms with Crippen molar-refractivity contribution < 1.29 is 9.53 Å². The first kappa shape index (κ1) is 6.16. The second kappa shape index (κ2) is 2.23. The van der Waals surface area contributed by atoms with E-state index >= 15 is 0 Å². The number of nitrogens with one attached hydrogen (secondary N) is 1. The molecule has 0 spiro atoms. The quantitative estimate of drug-likeness (QED) is 0.517. The van der Waals surface area contributed by atoms with Crippen LogP contribution in [0.25, 0.3) is 0 Å². The molecular formula is C7H11NO2. The van der Waals surface area contributed by atoms with Crippen molar-refractivity contribution in [2.24, 2.45) is 0 Å². The van der Waals surface area contributed by atoms with E-state index in [0.717, 1.165) is 12.8 Å². The summed E-state index contributed by atoms with van der Waals surface area (Å²) in [4.78, 5) is 10.8. The molecule has 1 heterocycles. The fraction of sp³-hybridized carbons (Fsp3) is 0.857. The molecule has 0 aromatic carbocycles. The molecule has 10 heavy (non-hydrogen) atoms. The standard InChI is InChI=1S/C7H11NO2/c9-7-4-10-6-3-1-2-5(6)8-7/h5-6H,1-4H2,(H,8,9). The fourth-order valence-corrected chi connectivity index (χ4v) is 1.72. The number of ether oxygens (including phenoxy) is 1. The number of hydrogen-bond donors (Lipinski definition) is 1. The number of fused-ring (bicyclic) bond motifs is 1. The first-order valence-electron chi connectivity index (χ1n) is 3.77. The van der Waals surface area contributed by atoms with E-state index in [1.165, 1.54) is 6.42 Å². The highest BCUT2D eigenvalue weighted by molar-refractivity contribution is 5.78. The summed E-state index contributed by atoms with van der Waals surface area (Å²) in [5, 5.41) is 2.91. The number of rotatable bonds is 0. The second-order valence-corrected chi connectivity index (χ2v) is 2.95. The summed E-state index contributed by atoms with van der Waals surface area (Å²) in [5.41, 5.74) is 0. The van der Waals surface area contributed by atoms with Crippen molar-refractivity contribution in [1.82, 2.24) is 5.32 Å². The van der Waals surface area contributed by atoms with Gasteiger partial charge in [0, 0.05) is 0 Å². The van der Waals surface area contributed by atoms with E-state index in [4.69, 9.17) is 4.74 Å². The summed E-state index contributed by atoms with van der Waals surface area (Å²) in [6, 6.07) is 0.321. The summed E-state index contributed by atoms with van der Waals surface area (Å²) < 4.78 is 5.30. The third-order valence-corrected chi connectivity index (χ3v) is 2.23. The predicted molar refractivity (Wildman–Crippen MR) is 35.5 cm³/mol. The van der Waals surface area contributed by atoms with E-state index in [-0.39, 0.29) is 12.5 Å². The van der Waals surface area contributed by atoms with Crippen molar-refractivity contribution in [1.29, 1.82) is 0 Å². The Labute approximate surface area is 59.7 Å². The van der Waals surface area contributed by atoms with E-state index in [1.54, 1.807) is 0 Å². The molecule has 2 atom stereocenters. The Kier molecular flexibility index (Phi) is 1.38. The monoisotopic (exact) mass is 141 g/mol. The van der Waals surface area contributed by atoms with Crippen molar-refractivity contribution >= 4 is 5.91 Å². The molecule has 1 aliphatic heterocycles. The summed E-state index contributed by atoms with van der Waals surface area (Å²) >= 11 is 0. The minimum Gasteiger partial charge on any atom is -0.366 e. The molecular weight excluding hydrogens is 130 g/mol. The van der Waals surface area contributed by atoms with Crippen LogP contribution in [0, 0.1) is 0 Å². The van der Waals surface area contributed by atoms with Crippen LogP contribution in [-0.4, -0.2) is 24.7 Å². The third-order valence-electron chi connectivity index (χ3n) is 2.23. The van der Waals surface area contributed by atoms with Crippen LogP contribution in [0.3, 0.4) is 0 Å². The first-order valence-corrected chi connectivity index (χ1v) is 3.77. The molecule has 0 radical (unpaired) electrons. The van der Waals surface area contributed by atoms with Gasteiger partial charge in [-0.05, 0) is 19.3 Å². The van der Waals surface area contributed by atoms with Gasteiger partial charge in [-0.25, -0.2) is 0 Å². The van der Waals surface area contributed by atoms with Crippen molar-refractivity contribution in [3.05, 3.63) is 0 Å². The van der Waals surface area contributed by atoms with Gasteiger partial charge in [-0.3, -0.25) is 4.79 Å². The molecule has 1 N–H and O–H groups in total. The topological polar surface area (TPSA) is 38.3 Å². The molecule has 2 fully saturated rings. The Morgan fingerprint density at radius 1 is 1.50 bits per heavy atom. The lowest BCUT2D eigenvalue weighted by atomic mass is 10.2. The van der Waals surface area contributed by atoms with Crippen LogP contribution in [0.2, 0.25) is 0 Å². The molecule has 2 rings (SSSR count). The highest BCUT2D eigenvalue weighted by Crippen LogP contribution is 2.23. The summed E-state index contributed by atoms with van der Waals surface area (Å²) in [6.07, 6.45) is 3.72. The molecule has 1 amide bonds. The zero-order valence-corrected chi connectivity index (χ0v) is 5.80. The van der Waals surface area contributed by atoms with Gasteiger partial charge in [0.15, 0.2) is 0 Å². The minimum absolute atomic E-state index is 0.0446. The van der Waals surface area contributed by atoms with Crippen molar-refractivity contribution in [3.63, 3.8) is 0 Å². The van der Waals surface area contributed by atoms with Gasteiger partial charge in [0.2, 0.25) is 5.91 Å². The Bertz CT molecular complexity index is 158. The highest BCUT2D eigenvalue weighted by Gasteiger charge is 2.32. The Balaban J connectivity index is 2.03. The van der Waals surface area contributed by atoms with Crippen molar-refractivity contribution in [2.75, 3.05) is 6.61 Å². The third kappa shape index (κ3) is 0.904. The Morgan fingerprint density at radius 2 is 2.40 bits per heavy atom. The lowest BCUT2D eigenvalue weighted by Gasteiger charge is -2.26. The fourth-order valence-electron chi connectivity index (χ4n) is 1.72. The molecule has 1 aliphatic carbocycles. The Morgan fingerprint density at radius 3 is 3.30 bits per heavy atom. The van der Waals surface area contributed by atoms with Crippen molar-refractivity contribution in [3.8, 4) is 0 Å². The largest absolute Gasteiger partial charge is 0.366 e. The van der Waals surface area contributed by atoms with Gasteiger partial charge >= 0.3 is 0 Å². The van der Waals surface area contributed by atoms with Crippen LogP contribution < -0.4 is 5.32 Å². The van der Waals surface area contributed by atoms with Crippen LogP contribution in [0.5, 0.6) is 0 Å². The van der Waals surface area contributed by atoms with Crippen LogP contribution in [0.15, 0.2) is 0 Å². The van der Waals surface area contributed by atoms with Gasteiger partial charge in [-0.2, -0.15) is 0 Å². The van der Waals surface area contributed by atoms with Gasteiger partial charge in [0.25, 0.3) is 0 Å². The molecule has 0 aromatic heterocycles. The van der Waals surface area contributed by atoms with Crippen LogP contribution in [-0.2, 0) is 9.53 Å². The highest BCUT2D eigenvalue weighted by atomic mass is 16.5. The molecule has 0 bridgehead atoms. The maximum Gasteiger partial charge on any atom is 0.246 e. The number of amides is 1. The smallest absolute Gasteiger partial charge is 0.246 e. The van der Waals surface area contributed by atoms with Crippen molar-refractivity contribution in [2.45, 2.75) is 31.4 Å². The average molecular weight is 141 g/mol. The number of morpholine rings is 1. The summed E-state index contributed by atoms with van der Waals surface area (Å²) in [5.74, 6) is 0.0446. The molecule has 2 unspecified atom stereocenters. The van der Waals surface area contributed by atoms with Crippen LogP contribution >= 0.6 is 0 Å². The molecule has 0 aromatic rings. The summed E-state index contributed by atoms with van der Waals surface area (Å²) in [7, 11) is 0. The lowest BCUT2D eigenvalue weighted by Crippen LogP contribution is -2.48. The van der Waals surface area contributed by atoms with Crippen LogP contribution in [0.4, 0.5) is 0 Å². The first-order chi connectivity index (χ1) is 4.86. The summed E-state index contributed by atoms with van der Waals surface area (Å²) in [6.45, 7) is 0.265. The molecule has 3 nitrogen and oxygen atoms in total. The zero-order chi connectivity index (χ0) is 6.97. The Hall–Kier alpha value is -0.570. The second-order valence-electron chi connectivity index (χ2n) is 2.95. The maximum atomic E-state index is 10.8. The van der Waals surface area contributed by atoms with Gasteiger partial charge in [0.05, 0.1) is 12.1 Å². The van der Waals surface area contributed by atoms with Gasteiger partial charge < -0.3 is 10.1 Å². The normalized spacial score (nSPS) is 39.0. The minimum atomic E-state index is 0.0446. The van der Waals surface area contributed by atoms with E-state index < -0.39 is 0 Å². The lowest BCUT2D eigenvalue weighted by molar-refractivity contribution is -0.135.